The summed E-state index contributed by atoms with van der Waals surface area (Å²) in [6.45, 7) is 1.90. The van der Waals surface area contributed by atoms with Crippen LogP contribution < -0.4 is 16.3 Å². The minimum Gasteiger partial charge on any atom is -0.357 e. The Bertz CT molecular complexity index is 1270. The fraction of sp³-hybridized carbons (Fsp3) is 0.0870. The molecule has 8 nitrogen and oxygen atoms in total. The van der Waals surface area contributed by atoms with Gasteiger partial charge in [0, 0.05) is 18.9 Å². The number of hydrogen-bond acceptors (Lipinski definition) is 4. The normalized spacial score (nSPS) is 11.0. The van der Waals surface area contributed by atoms with E-state index in [1.54, 1.807) is 29.2 Å². The average molecular weight is 414 g/mol. The predicted octanol–water partition coefficient (Wildman–Crippen LogP) is 3.32. The number of nitrogens with zero attached hydrogens (tertiary/aromatic N) is 3. The van der Waals surface area contributed by atoms with Crippen molar-refractivity contribution in [1.82, 2.24) is 19.8 Å². The van der Waals surface area contributed by atoms with Crippen molar-refractivity contribution in [1.29, 1.82) is 0 Å². The molecule has 0 aliphatic rings. The largest absolute Gasteiger partial charge is 0.357 e. The zero-order valence-electron chi connectivity index (χ0n) is 17.2. The highest BCUT2D eigenvalue weighted by Crippen LogP contribution is 2.19. The van der Waals surface area contributed by atoms with Gasteiger partial charge in [-0.3, -0.25) is 14.3 Å². The fourth-order valence-corrected chi connectivity index (χ4v) is 3.21. The van der Waals surface area contributed by atoms with E-state index in [-0.39, 0.29) is 11.5 Å². The Hall–Kier alpha value is -4.33. The fourth-order valence-electron chi connectivity index (χ4n) is 3.21. The summed E-state index contributed by atoms with van der Waals surface area (Å²) < 4.78 is 3.46. The van der Waals surface area contributed by atoms with Crippen LogP contribution in [0.3, 0.4) is 0 Å². The third-order valence-corrected chi connectivity index (χ3v) is 4.96. The van der Waals surface area contributed by atoms with E-state index >= 15 is 0 Å². The summed E-state index contributed by atoms with van der Waals surface area (Å²) in [6, 6.07) is 20.3. The standard InChI is InChI=1S/C23H22N6O2/c1-16-21(23(31)29(28(16)2)19-7-4-3-5-8-19)26-18-12-10-17(11-13-18)15-25-27-22(30)20-9-6-14-24-20/h3-15,24,26H,1-2H3,(H,27,30)/b25-15-. The van der Waals surface area contributed by atoms with Crippen LogP contribution in [0, 0.1) is 6.92 Å². The van der Waals surface area contributed by atoms with Crippen LogP contribution >= 0.6 is 0 Å². The topological polar surface area (TPSA) is 96.2 Å². The van der Waals surface area contributed by atoms with Crippen LogP contribution in [0.4, 0.5) is 11.4 Å². The lowest BCUT2D eigenvalue weighted by molar-refractivity contribution is 0.0951. The van der Waals surface area contributed by atoms with Gasteiger partial charge in [0.1, 0.15) is 11.4 Å². The van der Waals surface area contributed by atoms with Crippen LogP contribution in [0.5, 0.6) is 0 Å². The first-order valence-corrected chi connectivity index (χ1v) is 9.72. The van der Waals surface area contributed by atoms with Gasteiger partial charge in [-0.25, -0.2) is 10.1 Å². The smallest absolute Gasteiger partial charge is 0.295 e. The maximum Gasteiger partial charge on any atom is 0.295 e. The number of aromatic amines is 1. The Balaban J connectivity index is 1.48. The van der Waals surface area contributed by atoms with Gasteiger partial charge >= 0.3 is 0 Å². The minimum atomic E-state index is -0.311. The van der Waals surface area contributed by atoms with Crippen molar-refractivity contribution in [3.8, 4) is 5.69 Å². The number of benzene rings is 2. The van der Waals surface area contributed by atoms with Gasteiger partial charge in [-0.1, -0.05) is 30.3 Å². The van der Waals surface area contributed by atoms with E-state index in [4.69, 9.17) is 0 Å². The zero-order chi connectivity index (χ0) is 21.8. The molecule has 0 fully saturated rings. The highest BCUT2D eigenvalue weighted by molar-refractivity contribution is 5.93. The first kappa shape index (κ1) is 20.0. The molecule has 4 rings (SSSR count). The zero-order valence-corrected chi connectivity index (χ0v) is 17.2. The second-order valence-corrected chi connectivity index (χ2v) is 6.97. The molecule has 0 aliphatic heterocycles. The third kappa shape index (κ3) is 4.18. The quantitative estimate of drug-likeness (QED) is 0.334. The Morgan fingerprint density at radius 1 is 1.03 bits per heavy atom. The van der Waals surface area contributed by atoms with E-state index in [1.165, 1.54) is 0 Å². The number of anilines is 2. The molecule has 2 aromatic heterocycles. The number of aromatic nitrogens is 3. The SMILES string of the molecule is Cc1c(Nc2ccc(/C=N\NC(=O)c3ccc[nH]3)cc2)c(=O)n(-c2ccccc2)n1C. The molecule has 2 aromatic carbocycles. The molecule has 0 radical (unpaired) electrons. The Labute approximate surface area is 178 Å². The first-order valence-electron chi connectivity index (χ1n) is 9.72. The molecule has 0 saturated heterocycles. The van der Waals surface area contributed by atoms with Gasteiger partial charge in [-0.15, -0.1) is 0 Å². The molecule has 0 atom stereocenters. The molecule has 4 aromatic rings. The van der Waals surface area contributed by atoms with Crippen LogP contribution in [0.25, 0.3) is 5.69 Å². The summed E-state index contributed by atoms with van der Waals surface area (Å²) in [4.78, 5) is 27.7. The van der Waals surface area contributed by atoms with Crippen molar-refractivity contribution in [2.75, 3.05) is 5.32 Å². The lowest BCUT2D eigenvalue weighted by Crippen LogP contribution is -2.20. The number of para-hydroxylation sites is 1. The monoisotopic (exact) mass is 414 g/mol. The van der Waals surface area contributed by atoms with Crippen molar-refractivity contribution < 1.29 is 4.79 Å². The molecular weight excluding hydrogens is 392 g/mol. The number of carbonyl (C=O) groups is 1. The number of rotatable bonds is 6. The highest BCUT2D eigenvalue weighted by Gasteiger charge is 2.16. The Morgan fingerprint density at radius 2 is 1.77 bits per heavy atom. The van der Waals surface area contributed by atoms with Crippen molar-refractivity contribution >= 4 is 23.5 Å². The second kappa shape index (κ2) is 8.58. The van der Waals surface area contributed by atoms with E-state index in [2.05, 4.69) is 20.8 Å². The summed E-state index contributed by atoms with van der Waals surface area (Å²) in [7, 11) is 1.86. The van der Waals surface area contributed by atoms with Crippen molar-refractivity contribution in [2.24, 2.45) is 12.1 Å². The van der Waals surface area contributed by atoms with E-state index in [0.29, 0.717) is 11.4 Å². The molecule has 0 unspecified atom stereocenters. The summed E-state index contributed by atoms with van der Waals surface area (Å²) in [5.41, 5.74) is 6.52. The molecule has 0 spiro atoms. The van der Waals surface area contributed by atoms with Gasteiger partial charge in [0.05, 0.1) is 17.6 Å². The second-order valence-electron chi connectivity index (χ2n) is 6.97. The summed E-state index contributed by atoms with van der Waals surface area (Å²) in [5.74, 6) is -0.311. The first-order chi connectivity index (χ1) is 15.0. The summed E-state index contributed by atoms with van der Waals surface area (Å²) in [5, 5.41) is 7.19. The van der Waals surface area contributed by atoms with E-state index in [9.17, 15) is 9.59 Å². The molecule has 8 heteroatoms. The Kier molecular flexibility index (Phi) is 5.53. The maximum atomic E-state index is 13.0. The molecule has 2 heterocycles. The van der Waals surface area contributed by atoms with Gasteiger partial charge < -0.3 is 10.3 Å². The van der Waals surface area contributed by atoms with E-state index < -0.39 is 0 Å². The minimum absolute atomic E-state index is 0.121. The van der Waals surface area contributed by atoms with Crippen LogP contribution in [0.15, 0.2) is 82.8 Å². The van der Waals surface area contributed by atoms with Crippen molar-refractivity contribution in [3.05, 3.63) is 100 Å². The molecule has 31 heavy (non-hydrogen) atoms. The van der Waals surface area contributed by atoms with Crippen LogP contribution in [-0.4, -0.2) is 26.5 Å². The van der Waals surface area contributed by atoms with Crippen molar-refractivity contribution in [2.45, 2.75) is 6.92 Å². The van der Waals surface area contributed by atoms with E-state index in [1.807, 2.05) is 73.3 Å². The number of hydrazone groups is 1. The number of hydrogen-bond donors (Lipinski definition) is 3. The van der Waals surface area contributed by atoms with Gasteiger partial charge in [-0.05, 0) is 48.9 Å². The lowest BCUT2D eigenvalue weighted by Gasteiger charge is -2.07. The van der Waals surface area contributed by atoms with Crippen LogP contribution in [0.2, 0.25) is 0 Å². The molecule has 0 bridgehead atoms. The molecule has 156 valence electrons. The number of carbonyl (C=O) groups excluding carboxylic acids is 1. The lowest BCUT2D eigenvalue weighted by atomic mass is 10.2. The van der Waals surface area contributed by atoms with Gasteiger partial charge in [0.2, 0.25) is 0 Å². The molecular formula is C23H22N6O2. The van der Waals surface area contributed by atoms with Gasteiger partial charge in [0.25, 0.3) is 11.5 Å². The van der Waals surface area contributed by atoms with Crippen LogP contribution in [-0.2, 0) is 7.05 Å². The predicted molar refractivity (Wildman–Crippen MR) is 121 cm³/mol. The van der Waals surface area contributed by atoms with Gasteiger partial charge in [0.15, 0.2) is 0 Å². The number of H-pyrrole nitrogens is 1. The van der Waals surface area contributed by atoms with Gasteiger partial charge in [-0.2, -0.15) is 5.10 Å². The molecule has 1 amide bonds. The third-order valence-electron chi connectivity index (χ3n) is 4.96. The average Bonchev–Trinajstić information content (AvgIpc) is 3.40. The Morgan fingerprint density at radius 3 is 2.45 bits per heavy atom. The molecule has 0 saturated carbocycles. The van der Waals surface area contributed by atoms with E-state index in [0.717, 1.165) is 22.6 Å². The number of amides is 1. The van der Waals surface area contributed by atoms with Crippen LogP contribution in [0.1, 0.15) is 21.7 Å². The molecule has 0 aliphatic carbocycles. The number of nitrogens with one attached hydrogen (secondary N) is 3. The maximum absolute atomic E-state index is 13.0. The van der Waals surface area contributed by atoms with Crippen molar-refractivity contribution in [3.63, 3.8) is 0 Å². The highest BCUT2D eigenvalue weighted by atomic mass is 16.2. The molecule has 3 N–H and O–H groups in total. The summed E-state index contributed by atoms with van der Waals surface area (Å²) in [6.07, 6.45) is 3.23. The summed E-state index contributed by atoms with van der Waals surface area (Å²) >= 11 is 0.